The summed E-state index contributed by atoms with van der Waals surface area (Å²) in [6.45, 7) is 4.12. The van der Waals surface area contributed by atoms with Gasteiger partial charge in [-0.3, -0.25) is 9.99 Å². The lowest BCUT2D eigenvalue weighted by Crippen LogP contribution is -2.19. The SMILES string of the molecule is C[C@@H]1[C@H](C)C(CO)O[C@H]1n1cnc2c(N)nc(NN)nc21. The van der Waals surface area contributed by atoms with E-state index < -0.39 is 0 Å². The summed E-state index contributed by atoms with van der Waals surface area (Å²) in [7, 11) is 0. The molecule has 3 heterocycles. The second-order valence-electron chi connectivity index (χ2n) is 5.37. The van der Waals surface area contributed by atoms with E-state index in [0.717, 1.165) is 0 Å². The van der Waals surface area contributed by atoms with E-state index in [1.54, 1.807) is 6.33 Å². The lowest BCUT2D eigenvalue weighted by atomic mass is 9.93. The van der Waals surface area contributed by atoms with Gasteiger partial charge in [-0.2, -0.15) is 9.97 Å². The maximum absolute atomic E-state index is 9.39. The van der Waals surface area contributed by atoms with E-state index in [-0.39, 0.29) is 42.5 Å². The minimum Gasteiger partial charge on any atom is -0.394 e. The molecule has 114 valence electrons. The summed E-state index contributed by atoms with van der Waals surface area (Å²) in [6.07, 6.45) is 1.17. The van der Waals surface area contributed by atoms with Gasteiger partial charge in [0, 0.05) is 5.92 Å². The van der Waals surface area contributed by atoms with Crippen molar-refractivity contribution in [3.63, 3.8) is 0 Å². The van der Waals surface area contributed by atoms with Crippen molar-refractivity contribution < 1.29 is 9.84 Å². The van der Waals surface area contributed by atoms with Gasteiger partial charge in [0.15, 0.2) is 11.5 Å². The maximum atomic E-state index is 9.39. The third-order valence-electron chi connectivity index (χ3n) is 4.21. The van der Waals surface area contributed by atoms with E-state index in [0.29, 0.717) is 11.2 Å². The van der Waals surface area contributed by atoms with Crippen LogP contribution in [-0.2, 0) is 4.74 Å². The molecule has 9 heteroatoms. The predicted octanol–water partition coefficient (Wildman–Crippen LogP) is -0.144. The predicted molar refractivity (Wildman–Crippen MR) is 76.9 cm³/mol. The van der Waals surface area contributed by atoms with Crippen LogP contribution in [0.1, 0.15) is 20.1 Å². The van der Waals surface area contributed by atoms with Gasteiger partial charge >= 0.3 is 0 Å². The number of aliphatic hydroxyl groups excluding tert-OH is 1. The number of hydrazine groups is 1. The lowest BCUT2D eigenvalue weighted by Gasteiger charge is -2.18. The van der Waals surface area contributed by atoms with Gasteiger partial charge in [0.05, 0.1) is 19.0 Å². The fraction of sp³-hybridized carbons (Fsp3) is 0.583. The van der Waals surface area contributed by atoms with Crippen LogP contribution in [0.2, 0.25) is 0 Å². The number of aliphatic hydroxyl groups is 1. The summed E-state index contributed by atoms with van der Waals surface area (Å²) in [4.78, 5) is 12.5. The number of anilines is 2. The summed E-state index contributed by atoms with van der Waals surface area (Å²) in [5, 5.41) is 9.39. The standard InChI is InChI=1S/C12H19N7O2/c1-5-6(2)11(21-7(5)3-20)19-4-15-8-9(13)16-12(18-14)17-10(8)19/h4-7,11,20H,3,14H2,1-2H3,(H3,13,16,17,18)/t5-,6+,7?,11+/m0/s1. The van der Waals surface area contributed by atoms with E-state index in [9.17, 15) is 5.11 Å². The van der Waals surface area contributed by atoms with Crippen molar-refractivity contribution in [3.8, 4) is 0 Å². The number of imidazole rings is 1. The number of hydrogen-bond donors (Lipinski definition) is 4. The second-order valence-corrected chi connectivity index (χ2v) is 5.37. The molecule has 1 aliphatic heterocycles. The topological polar surface area (TPSA) is 137 Å². The molecule has 3 rings (SSSR count). The molecule has 0 amide bonds. The molecule has 0 saturated carbocycles. The van der Waals surface area contributed by atoms with E-state index in [1.807, 2.05) is 4.57 Å². The highest BCUT2D eigenvalue weighted by atomic mass is 16.5. The van der Waals surface area contributed by atoms with Crippen molar-refractivity contribution in [1.29, 1.82) is 0 Å². The van der Waals surface area contributed by atoms with Gasteiger partial charge in [-0.15, -0.1) is 0 Å². The Bertz CT molecular complexity index is 658. The monoisotopic (exact) mass is 293 g/mol. The average molecular weight is 293 g/mol. The van der Waals surface area contributed by atoms with Crippen LogP contribution in [-0.4, -0.2) is 37.3 Å². The Balaban J connectivity index is 2.07. The minimum atomic E-state index is -0.262. The van der Waals surface area contributed by atoms with E-state index in [1.165, 1.54) is 0 Å². The molecule has 0 radical (unpaired) electrons. The van der Waals surface area contributed by atoms with E-state index in [2.05, 4.69) is 34.2 Å². The van der Waals surface area contributed by atoms with Gasteiger partial charge in [0.1, 0.15) is 11.7 Å². The van der Waals surface area contributed by atoms with Crippen LogP contribution >= 0.6 is 0 Å². The number of nitrogen functional groups attached to an aromatic ring is 2. The van der Waals surface area contributed by atoms with Crippen molar-refractivity contribution in [2.45, 2.75) is 26.2 Å². The molecule has 2 aromatic rings. The van der Waals surface area contributed by atoms with Crippen LogP contribution in [0.15, 0.2) is 6.33 Å². The summed E-state index contributed by atoms with van der Waals surface area (Å²) in [5.41, 5.74) is 9.30. The maximum Gasteiger partial charge on any atom is 0.241 e. The Labute approximate surface area is 121 Å². The Morgan fingerprint density at radius 1 is 1.38 bits per heavy atom. The zero-order valence-electron chi connectivity index (χ0n) is 11.9. The molecule has 2 aromatic heterocycles. The van der Waals surface area contributed by atoms with E-state index in [4.69, 9.17) is 16.3 Å². The normalized spacial score (nSPS) is 29.1. The molecule has 0 aliphatic carbocycles. The van der Waals surface area contributed by atoms with Crippen molar-refractivity contribution in [3.05, 3.63) is 6.33 Å². The Morgan fingerprint density at radius 2 is 2.14 bits per heavy atom. The number of hydrogen-bond acceptors (Lipinski definition) is 8. The molecule has 0 aromatic carbocycles. The highest BCUT2D eigenvalue weighted by molar-refractivity contribution is 5.82. The van der Waals surface area contributed by atoms with Crippen LogP contribution in [0.3, 0.4) is 0 Å². The van der Waals surface area contributed by atoms with Crippen LogP contribution in [0.4, 0.5) is 11.8 Å². The summed E-state index contributed by atoms with van der Waals surface area (Å²) >= 11 is 0. The Kier molecular flexibility index (Phi) is 3.40. The minimum absolute atomic E-state index is 0.0125. The molecule has 1 fully saturated rings. The lowest BCUT2D eigenvalue weighted by molar-refractivity contribution is -0.0336. The largest absolute Gasteiger partial charge is 0.394 e. The fourth-order valence-corrected chi connectivity index (χ4v) is 2.74. The number of ether oxygens (including phenoxy) is 1. The molecule has 6 N–H and O–H groups in total. The van der Waals surface area contributed by atoms with Gasteiger partial charge < -0.3 is 15.6 Å². The molecule has 4 atom stereocenters. The summed E-state index contributed by atoms with van der Waals surface area (Å²) in [6, 6.07) is 0. The average Bonchev–Trinajstić information content (AvgIpc) is 3.02. The molecule has 1 saturated heterocycles. The first-order valence-electron chi connectivity index (χ1n) is 6.79. The molecule has 0 spiro atoms. The number of rotatable bonds is 3. The number of nitrogens with one attached hydrogen (secondary N) is 1. The van der Waals surface area contributed by atoms with Gasteiger partial charge in [-0.25, -0.2) is 10.8 Å². The van der Waals surface area contributed by atoms with Gasteiger partial charge in [-0.05, 0) is 5.92 Å². The van der Waals surface area contributed by atoms with Crippen LogP contribution in [0.25, 0.3) is 11.2 Å². The molecule has 1 unspecified atom stereocenters. The molecule has 0 bridgehead atoms. The zero-order valence-corrected chi connectivity index (χ0v) is 11.9. The quantitative estimate of drug-likeness (QED) is 0.453. The highest BCUT2D eigenvalue weighted by Gasteiger charge is 2.40. The summed E-state index contributed by atoms with van der Waals surface area (Å²) in [5.74, 6) is 6.25. The first-order chi connectivity index (χ1) is 10.1. The van der Waals surface area contributed by atoms with Crippen molar-refractivity contribution in [1.82, 2.24) is 19.5 Å². The third-order valence-corrected chi connectivity index (χ3v) is 4.21. The number of nitrogens with zero attached hydrogens (tertiary/aromatic N) is 4. The van der Waals surface area contributed by atoms with Crippen molar-refractivity contribution in [2.24, 2.45) is 17.7 Å². The van der Waals surface area contributed by atoms with Gasteiger partial charge in [-0.1, -0.05) is 13.8 Å². The third kappa shape index (κ3) is 2.09. The number of nitrogens with two attached hydrogens (primary N) is 2. The van der Waals surface area contributed by atoms with E-state index >= 15 is 0 Å². The molecular formula is C12H19N7O2. The smallest absolute Gasteiger partial charge is 0.241 e. The zero-order chi connectivity index (χ0) is 15.1. The first kappa shape index (κ1) is 14.0. The Hall–Kier alpha value is -1.97. The first-order valence-corrected chi connectivity index (χ1v) is 6.79. The molecular weight excluding hydrogens is 274 g/mol. The highest BCUT2D eigenvalue weighted by Crippen LogP contribution is 2.39. The van der Waals surface area contributed by atoms with Crippen molar-refractivity contribution >= 4 is 22.9 Å². The number of aromatic nitrogens is 4. The van der Waals surface area contributed by atoms with Crippen molar-refractivity contribution in [2.75, 3.05) is 17.8 Å². The summed E-state index contributed by atoms with van der Waals surface area (Å²) < 4.78 is 7.73. The Morgan fingerprint density at radius 3 is 2.76 bits per heavy atom. The molecule has 1 aliphatic rings. The van der Waals surface area contributed by atoms with Gasteiger partial charge in [0.25, 0.3) is 0 Å². The van der Waals surface area contributed by atoms with Crippen LogP contribution < -0.4 is 17.0 Å². The molecule has 21 heavy (non-hydrogen) atoms. The number of fused-ring (bicyclic) bond motifs is 1. The second kappa shape index (κ2) is 5.10. The van der Waals surface area contributed by atoms with Crippen LogP contribution in [0, 0.1) is 11.8 Å². The van der Waals surface area contributed by atoms with Crippen LogP contribution in [0.5, 0.6) is 0 Å². The van der Waals surface area contributed by atoms with Gasteiger partial charge in [0.2, 0.25) is 5.95 Å². The fourth-order valence-electron chi connectivity index (χ4n) is 2.74. The molecule has 9 nitrogen and oxygen atoms in total.